The van der Waals surface area contributed by atoms with E-state index < -0.39 is 0 Å². The van der Waals surface area contributed by atoms with Crippen LogP contribution in [-0.2, 0) is 4.74 Å². The van der Waals surface area contributed by atoms with Gasteiger partial charge in [-0.3, -0.25) is 0 Å². The first-order valence-corrected chi connectivity index (χ1v) is 7.26. The summed E-state index contributed by atoms with van der Waals surface area (Å²) in [7, 11) is 1.97. The Kier molecular flexibility index (Phi) is 7.69. The fourth-order valence-corrected chi connectivity index (χ4v) is 2.63. The smallest absolute Gasteiger partial charge is 0.0627 e. The van der Waals surface area contributed by atoms with E-state index in [2.05, 4.69) is 18.3 Å². The molecule has 1 aromatic carbocycles. The van der Waals surface area contributed by atoms with Crippen LogP contribution in [0.3, 0.4) is 0 Å². The van der Waals surface area contributed by atoms with Crippen LogP contribution >= 0.6 is 23.4 Å². The maximum atomic E-state index is 5.94. The van der Waals surface area contributed by atoms with Crippen LogP contribution in [0.1, 0.15) is 13.3 Å². The SMILES string of the molecule is CCCOCC(CSc1cccc(Cl)c1)NC. The van der Waals surface area contributed by atoms with Gasteiger partial charge in [-0.1, -0.05) is 24.6 Å². The Morgan fingerprint density at radius 1 is 1.47 bits per heavy atom. The summed E-state index contributed by atoms with van der Waals surface area (Å²) in [6.07, 6.45) is 1.07. The van der Waals surface area contributed by atoms with Crippen LogP contribution in [0.15, 0.2) is 29.2 Å². The Bertz CT molecular complexity index is 322. The summed E-state index contributed by atoms with van der Waals surface area (Å²) in [5, 5.41) is 4.06. The quantitative estimate of drug-likeness (QED) is 0.579. The highest BCUT2D eigenvalue weighted by molar-refractivity contribution is 7.99. The molecule has 0 bridgehead atoms. The molecule has 0 saturated carbocycles. The zero-order chi connectivity index (χ0) is 12.5. The van der Waals surface area contributed by atoms with Crippen LogP contribution in [0.25, 0.3) is 0 Å². The van der Waals surface area contributed by atoms with Gasteiger partial charge in [0, 0.05) is 28.3 Å². The highest BCUT2D eigenvalue weighted by atomic mass is 35.5. The van der Waals surface area contributed by atoms with E-state index in [1.165, 1.54) is 4.90 Å². The van der Waals surface area contributed by atoms with E-state index in [-0.39, 0.29) is 0 Å². The molecule has 1 N–H and O–H groups in total. The van der Waals surface area contributed by atoms with Gasteiger partial charge in [0.1, 0.15) is 0 Å². The minimum absolute atomic E-state index is 0.380. The summed E-state index contributed by atoms with van der Waals surface area (Å²) in [6.45, 7) is 3.72. The number of halogens is 1. The Morgan fingerprint density at radius 3 is 2.94 bits per heavy atom. The van der Waals surface area contributed by atoms with Crippen LogP contribution in [0.5, 0.6) is 0 Å². The van der Waals surface area contributed by atoms with E-state index in [4.69, 9.17) is 16.3 Å². The molecular formula is C13H20ClNOS. The lowest BCUT2D eigenvalue weighted by atomic mass is 10.4. The fourth-order valence-electron chi connectivity index (χ4n) is 1.34. The second-order valence-corrected chi connectivity index (χ2v) is 5.36. The van der Waals surface area contributed by atoms with Crippen molar-refractivity contribution >= 4 is 23.4 Å². The average molecular weight is 274 g/mol. The zero-order valence-electron chi connectivity index (χ0n) is 10.4. The Labute approximate surface area is 113 Å². The zero-order valence-corrected chi connectivity index (χ0v) is 12.0. The normalized spacial score (nSPS) is 12.6. The first-order valence-electron chi connectivity index (χ1n) is 5.89. The molecule has 17 heavy (non-hydrogen) atoms. The molecule has 0 aromatic heterocycles. The molecule has 0 spiro atoms. The minimum Gasteiger partial charge on any atom is -0.380 e. The largest absolute Gasteiger partial charge is 0.380 e. The first-order chi connectivity index (χ1) is 8.26. The van der Waals surface area contributed by atoms with Crippen LogP contribution < -0.4 is 5.32 Å². The van der Waals surface area contributed by atoms with Crippen molar-refractivity contribution in [3.63, 3.8) is 0 Å². The van der Waals surface area contributed by atoms with E-state index in [9.17, 15) is 0 Å². The monoisotopic (exact) mass is 273 g/mol. The molecule has 1 unspecified atom stereocenters. The van der Waals surface area contributed by atoms with Gasteiger partial charge >= 0.3 is 0 Å². The number of ether oxygens (including phenoxy) is 1. The molecule has 0 fully saturated rings. The molecule has 0 amide bonds. The lowest BCUT2D eigenvalue weighted by Crippen LogP contribution is -2.32. The molecule has 4 heteroatoms. The van der Waals surface area contributed by atoms with Gasteiger partial charge < -0.3 is 10.1 Å². The summed E-state index contributed by atoms with van der Waals surface area (Å²) in [4.78, 5) is 1.20. The first kappa shape index (κ1) is 14.8. The van der Waals surface area contributed by atoms with Gasteiger partial charge in [-0.25, -0.2) is 0 Å². The third-order valence-corrected chi connectivity index (χ3v) is 3.71. The summed E-state index contributed by atoms with van der Waals surface area (Å²) in [6, 6.07) is 8.32. The lowest BCUT2D eigenvalue weighted by molar-refractivity contribution is 0.119. The van der Waals surface area contributed by atoms with Gasteiger partial charge in [0.2, 0.25) is 0 Å². The van der Waals surface area contributed by atoms with Gasteiger partial charge in [0.05, 0.1) is 6.61 Å². The third-order valence-electron chi connectivity index (χ3n) is 2.32. The van der Waals surface area contributed by atoms with Crippen molar-refractivity contribution in [2.75, 3.05) is 26.0 Å². The molecule has 1 aromatic rings. The lowest BCUT2D eigenvalue weighted by Gasteiger charge is -2.15. The van der Waals surface area contributed by atoms with Crippen molar-refractivity contribution in [2.24, 2.45) is 0 Å². The maximum Gasteiger partial charge on any atom is 0.0627 e. The summed E-state index contributed by atoms with van der Waals surface area (Å²) >= 11 is 7.74. The van der Waals surface area contributed by atoms with E-state index in [0.29, 0.717) is 6.04 Å². The Morgan fingerprint density at radius 2 is 2.29 bits per heavy atom. The number of hydrogen-bond acceptors (Lipinski definition) is 3. The summed E-state index contributed by atoms with van der Waals surface area (Å²) < 4.78 is 5.55. The summed E-state index contributed by atoms with van der Waals surface area (Å²) in [5.41, 5.74) is 0. The van der Waals surface area contributed by atoms with Crippen molar-refractivity contribution in [1.29, 1.82) is 0 Å². The second kappa shape index (κ2) is 8.81. The van der Waals surface area contributed by atoms with E-state index in [1.54, 1.807) is 11.8 Å². The van der Waals surface area contributed by atoms with Crippen molar-refractivity contribution in [3.8, 4) is 0 Å². The van der Waals surface area contributed by atoms with Crippen LogP contribution in [0.4, 0.5) is 0 Å². The molecule has 0 saturated heterocycles. The third kappa shape index (κ3) is 6.32. The molecule has 0 aliphatic rings. The van der Waals surface area contributed by atoms with Crippen LogP contribution in [0.2, 0.25) is 5.02 Å². The predicted octanol–water partition coefficient (Wildman–Crippen LogP) is 3.45. The van der Waals surface area contributed by atoms with Crippen molar-refractivity contribution in [3.05, 3.63) is 29.3 Å². The predicted molar refractivity (Wildman–Crippen MR) is 76.1 cm³/mol. The number of rotatable bonds is 8. The average Bonchev–Trinajstić information content (AvgIpc) is 2.34. The highest BCUT2D eigenvalue weighted by Crippen LogP contribution is 2.22. The van der Waals surface area contributed by atoms with Crippen molar-refractivity contribution in [1.82, 2.24) is 5.32 Å². The summed E-state index contributed by atoms with van der Waals surface area (Å²) in [5.74, 6) is 0.987. The fraction of sp³-hybridized carbons (Fsp3) is 0.538. The van der Waals surface area contributed by atoms with Gasteiger partial charge in [-0.15, -0.1) is 11.8 Å². The maximum absolute atomic E-state index is 5.94. The minimum atomic E-state index is 0.380. The van der Waals surface area contributed by atoms with Crippen LogP contribution in [0, 0.1) is 0 Å². The number of likely N-dealkylation sites (N-methyl/N-ethyl adjacent to an activating group) is 1. The Balaban J connectivity index is 2.31. The van der Waals surface area contributed by atoms with Crippen molar-refractivity contribution in [2.45, 2.75) is 24.3 Å². The van der Waals surface area contributed by atoms with E-state index >= 15 is 0 Å². The van der Waals surface area contributed by atoms with Gasteiger partial charge in [0.25, 0.3) is 0 Å². The Hall–Kier alpha value is -0.220. The molecular weight excluding hydrogens is 254 g/mol. The van der Waals surface area contributed by atoms with Crippen LogP contribution in [-0.4, -0.2) is 32.1 Å². The van der Waals surface area contributed by atoms with Gasteiger partial charge in [-0.05, 0) is 31.7 Å². The topological polar surface area (TPSA) is 21.3 Å². The molecule has 0 radical (unpaired) electrons. The van der Waals surface area contributed by atoms with Gasteiger partial charge in [0.15, 0.2) is 0 Å². The molecule has 0 aliphatic carbocycles. The number of nitrogens with one attached hydrogen (secondary N) is 1. The molecule has 0 heterocycles. The number of thioether (sulfide) groups is 1. The molecule has 0 aliphatic heterocycles. The van der Waals surface area contributed by atoms with Gasteiger partial charge in [-0.2, -0.15) is 0 Å². The molecule has 2 nitrogen and oxygen atoms in total. The second-order valence-electron chi connectivity index (χ2n) is 3.83. The highest BCUT2D eigenvalue weighted by Gasteiger charge is 2.07. The molecule has 1 rings (SSSR count). The number of hydrogen-bond donors (Lipinski definition) is 1. The van der Waals surface area contributed by atoms with E-state index in [1.807, 2.05) is 25.2 Å². The number of benzene rings is 1. The molecule has 96 valence electrons. The molecule has 1 atom stereocenters. The van der Waals surface area contributed by atoms with E-state index in [0.717, 1.165) is 30.4 Å². The van der Waals surface area contributed by atoms with Crippen molar-refractivity contribution < 1.29 is 4.74 Å². The standard InChI is InChI=1S/C13H20ClNOS/c1-3-7-16-9-12(15-2)10-17-13-6-4-5-11(14)8-13/h4-6,8,12,15H,3,7,9-10H2,1-2H3.